The number of benzene rings is 1. The summed E-state index contributed by atoms with van der Waals surface area (Å²) in [6, 6.07) is 6.75. The van der Waals surface area contributed by atoms with E-state index in [-0.39, 0.29) is 6.03 Å². The number of piperazine rings is 1. The molecule has 0 aromatic heterocycles. The van der Waals surface area contributed by atoms with Crippen LogP contribution in [0.3, 0.4) is 0 Å². The monoisotopic (exact) mass is 291 g/mol. The minimum Gasteiger partial charge on any atom is -0.322 e. The van der Waals surface area contributed by atoms with Gasteiger partial charge in [0.1, 0.15) is 0 Å². The molecule has 108 valence electrons. The van der Waals surface area contributed by atoms with Crippen molar-refractivity contribution < 1.29 is 4.79 Å². The molecule has 20 heavy (non-hydrogen) atoms. The Bertz CT molecular complexity index is 500. The predicted octanol–water partition coefficient (Wildman–Crippen LogP) is 1.93. The third-order valence-corrected chi connectivity index (χ3v) is 4.95. The topological polar surface area (TPSA) is 35.6 Å². The van der Waals surface area contributed by atoms with E-state index in [0.29, 0.717) is 0 Å². The van der Waals surface area contributed by atoms with Gasteiger partial charge in [0, 0.05) is 49.9 Å². The van der Waals surface area contributed by atoms with Crippen molar-refractivity contribution in [3.63, 3.8) is 0 Å². The second kappa shape index (κ2) is 6.06. The first-order chi connectivity index (χ1) is 9.74. The lowest BCUT2D eigenvalue weighted by Gasteiger charge is -2.32. The van der Waals surface area contributed by atoms with E-state index in [1.807, 2.05) is 21.6 Å². The number of rotatable bonds is 0. The summed E-state index contributed by atoms with van der Waals surface area (Å²) in [5.41, 5.74) is 2.55. The van der Waals surface area contributed by atoms with Crippen LogP contribution in [0, 0.1) is 6.92 Å². The number of fused-ring (bicyclic) bond motifs is 1. The molecule has 1 aromatic rings. The Kier molecular flexibility index (Phi) is 4.17. The Hall–Kier alpha value is -1.20. The molecule has 2 amide bonds. The first kappa shape index (κ1) is 13.8. The van der Waals surface area contributed by atoms with Crippen molar-refractivity contribution >= 4 is 17.8 Å². The lowest BCUT2D eigenvalue weighted by molar-refractivity contribution is 0.147. The van der Waals surface area contributed by atoms with Crippen molar-refractivity contribution in [3.8, 4) is 0 Å². The minimum absolute atomic E-state index is 0.196. The van der Waals surface area contributed by atoms with Crippen molar-refractivity contribution in [2.75, 3.05) is 38.5 Å². The first-order valence-corrected chi connectivity index (χ1v) is 8.19. The van der Waals surface area contributed by atoms with Crippen LogP contribution in [0.4, 0.5) is 4.79 Å². The van der Waals surface area contributed by atoms with Gasteiger partial charge in [-0.2, -0.15) is 0 Å². The van der Waals surface area contributed by atoms with Gasteiger partial charge >= 0.3 is 6.03 Å². The first-order valence-electron chi connectivity index (χ1n) is 7.21. The minimum atomic E-state index is 0.196. The number of amides is 2. The number of urea groups is 1. The van der Waals surface area contributed by atoms with Gasteiger partial charge in [-0.05, 0) is 18.6 Å². The summed E-state index contributed by atoms with van der Waals surface area (Å²) in [6.45, 7) is 7.15. The highest BCUT2D eigenvalue weighted by atomic mass is 32.2. The molecular formula is C15H21N3OS. The predicted molar refractivity (Wildman–Crippen MR) is 82.2 cm³/mol. The van der Waals surface area contributed by atoms with E-state index in [2.05, 4.69) is 30.4 Å². The van der Waals surface area contributed by atoms with Gasteiger partial charge in [0.2, 0.25) is 0 Å². The Labute approximate surface area is 124 Å². The fourth-order valence-corrected chi connectivity index (χ4v) is 3.75. The number of nitrogens with zero attached hydrogens (tertiary/aromatic N) is 2. The number of aryl methyl sites for hydroxylation is 1. The van der Waals surface area contributed by atoms with E-state index in [0.717, 1.165) is 45.0 Å². The van der Waals surface area contributed by atoms with Crippen LogP contribution < -0.4 is 5.32 Å². The third-order valence-electron chi connectivity index (χ3n) is 3.85. The van der Waals surface area contributed by atoms with Crippen LogP contribution >= 0.6 is 11.8 Å². The molecule has 4 nitrogen and oxygen atoms in total. The Morgan fingerprint density at radius 3 is 2.80 bits per heavy atom. The van der Waals surface area contributed by atoms with Gasteiger partial charge in [-0.3, -0.25) is 0 Å². The second-order valence-electron chi connectivity index (χ2n) is 5.40. The number of hydrogen-bond donors (Lipinski definition) is 1. The molecule has 2 aliphatic rings. The van der Waals surface area contributed by atoms with Crippen molar-refractivity contribution in [1.82, 2.24) is 15.1 Å². The number of thioether (sulfide) groups is 1. The maximum Gasteiger partial charge on any atom is 0.320 e. The van der Waals surface area contributed by atoms with Gasteiger partial charge in [-0.15, -0.1) is 11.8 Å². The molecule has 0 radical (unpaired) electrons. The summed E-state index contributed by atoms with van der Waals surface area (Å²) in [5, 5.41) is 3.29. The van der Waals surface area contributed by atoms with E-state index in [1.165, 1.54) is 16.0 Å². The van der Waals surface area contributed by atoms with Crippen molar-refractivity contribution in [1.29, 1.82) is 0 Å². The van der Waals surface area contributed by atoms with Crippen LogP contribution in [0.25, 0.3) is 0 Å². The Morgan fingerprint density at radius 2 is 2.00 bits per heavy atom. The lowest BCUT2D eigenvalue weighted by Crippen LogP contribution is -2.51. The summed E-state index contributed by atoms with van der Waals surface area (Å²) in [4.78, 5) is 17.9. The van der Waals surface area contributed by atoms with Gasteiger partial charge in [0.25, 0.3) is 0 Å². The molecule has 0 saturated carbocycles. The zero-order valence-corrected chi connectivity index (χ0v) is 12.7. The molecular weight excluding hydrogens is 270 g/mol. The van der Waals surface area contributed by atoms with Crippen LogP contribution in [-0.2, 0) is 6.54 Å². The molecule has 0 bridgehead atoms. The van der Waals surface area contributed by atoms with Crippen LogP contribution in [0.15, 0.2) is 23.1 Å². The van der Waals surface area contributed by atoms with E-state index in [4.69, 9.17) is 0 Å². The number of carbonyl (C=O) groups is 1. The fourth-order valence-electron chi connectivity index (χ4n) is 2.74. The van der Waals surface area contributed by atoms with Crippen LogP contribution in [-0.4, -0.2) is 54.3 Å². The number of nitrogens with one attached hydrogen (secondary N) is 1. The van der Waals surface area contributed by atoms with Gasteiger partial charge < -0.3 is 15.1 Å². The summed E-state index contributed by atoms with van der Waals surface area (Å²) in [6.07, 6.45) is 0. The summed E-state index contributed by atoms with van der Waals surface area (Å²) in [7, 11) is 0. The highest BCUT2D eigenvalue weighted by molar-refractivity contribution is 7.99. The molecule has 0 atom stereocenters. The SMILES string of the molecule is Cc1ccc2c(c1)CN(C(=O)N1CCNCC1)CCS2. The van der Waals surface area contributed by atoms with Gasteiger partial charge in [-0.1, -0.05) is 17.7 Å². The lowest BCUT2D eigenvalue weighted by atomic mass is 10.1. The fraction of sp³-hybridized carbons (Fsp3) is 0.533. The molecule has 3 rings (SSSR count). The zero-order valence-electron chi connectivity index (χ0n) is 11.9. The standard InChI is InChI=1S/C15H21N3OS/c1-12-2-3-14-13(10-12)11-18(8-9-20-14)15(19)17-6-4-16-5-7-17/h2-3,10,16H,4-9,11H2,1H3. The molecule has 0 unspecified atom stereocenters. The molecule has 5 heteroatoms. The Morgan fingerprint density at radius 1 is 1.20 bits per heavy atom. The number of carbonyl (C=O) groups excluding carboxylic acids is 1. The smallest absolute Gasteiger partial charge is 0.320 e. The molecule has 1 fully saturated rings. The summed E-state index contributed by atoms with van der Waals surface area (Å²) >= 11 is 1.86. The quantitative estimate of drug-likeness (QED) is 0.793. The highest BCUT2D eigenvalue weighted by Gasteiger charge is 2.24. The average molecular weight is 291 g/mol. The maximum absolute atomic E-state index is 12.6. The largest absolute Gasteiger partial charge is 0.322 e. The van der Waals surface area contributed by atoms with Gasteiger partial charge in [0.15, 0.2) is 0 Å². The molecule has 2 aliphatic heterocycles. The number of hydrogen-bond acceptors (Lipinski definition) is 3. The van der Waals surface area contributed by atoms with Crippen LogP contribution in [0.1, 0.15) is 11.1 Å². The molecule has 1 aromatic carbocycles. The van der Waals surface area contributed by atoms with Gasteiger partial charge in [-0.25, -0.2) is 4.79 Å². The molecule has 2 heterocycles. The van der Waals surface area contributed by atoms with E-state index >= 15 is 0 Å². The third kappa shape index (κ3) is 2.94. The normalized spacial score (nSPS) is 19.4. The van der Waals surface area contributed by atoms with Crippen LogP contribution in [0.5, 0.6) is 0 Å². The van der Waals surface area contributed by atoms with Crippen LogP contribution in [0.2, 0.25) is 0 Å². The summed E-state index contributed by atoms with van der Waals surface area (Å²) < 4.78 is 0. The molecule has 0 aliphatic carbocycles. The van der Waals surface area contributed by atoms with E-state index < -0.39 is 0 Å². The van der Waals surface area contributed by atoms with Crippen molar-refractivity contribution in [2.45, 2.75) is 18.4 Å². The Balaban J connectivity index is 1.75. The molecule has 0 spiro atoms. The average Bonchev–Trinajstić information content (AvgIpc) is 2.69. The van der Waals surface area contributed by atoms with Crippen molar-refractivity contribution in [2.24, 2.45) is 0 Å². The maximum atomic E-state index is 12.6. The highest BCUT2D eigenvalue weighted by Crippen LogP contribution is 2.28. The van der Waals surface area contributed by atoms with Crippen molar-refractivity contribution in [3.05, 3.63) is 29.3 Å². The molecule has 1 saturated heterocycles. The van der Waals surface area contributed by atoms with E-state index in [1.54, 1.807) is 0 Å². The van der Waals surface area contributed by atoms with Gasteiger partial charge in [0.05, 0.1) is 0 Å². The molecule has 1 N–H and O–H groups in total. The second-order valence-corrected chi connectivity index (χ2v) is 6.54. The summed E-state index contributed by atoms with van der Waals surface area (Å²) in [5.74, 6) is 0.980. The zero-order chi connectivity index (χ0) is 13.9. The van der Waals surface area contributed by atoms with E-state index in [9.17, 15) is 4.79 Å².